The molecule has 2 aliphatic rings. The average molecular weight is 202 g/mol. The molecule has 76 valence electrons. The highest BCUT2D eigenvalue weighted by Gasteiger charge is 2.36. The van der Waals surface area contributed by atoms with Gasteiger partial charge in [0, 0.05) is 5.56 Å². The molecule has 0 saturated heterocycles. The summed E-state index contributed by atoms with van der Waals surface area (Å²) in [6.45, 7) is 0. The molecule has 0 aromatic heterocycles. The molecule has 1 heterocycles. The van der Waals surface area contributed by atoms with Crippen molar-refractivity contribution in [1.29, 1.82) is 0 Å². The molecule has 0 saturated carbocycles. The lowest BCUT2D eigenvalue weighted by molar-refractivity contribution is 0.0437. The number of benzene rings is 1. The van der Waals surface area contributed by atoms with Crippen LogP contribution < -0.4 is 0 Å². The SMILES string of the molecule is O=C1OC(C2=CCC2)c2cccc(O)c21. The summed E-state index contributed by atoms with van der Waals surface area (Å²) in [5.41, 5.74) is 2.27. The third kappa shape index (κ3) is 1.09. The Labute approximate surface area is 87.0 Å². The fraction of sp³-hybridized carbons (Fsp3) is 0.250. The van der Waals surface area contributed by atoms with E-state index in [-0.39, 0.29) is 11.9 Å². The number of carbonyl (C=O) groups is 1. The molecule has 1 aromatic rings. The maximum absolute atomic E-state index is 11.5. The van der Waals surface area contributed by atoms with E-state index in [1.807, 2.05) is 6.07 Å². The number of aromatic hydroxyl groups is 1. The number of phenolic OH excluding ortho intramolecular Hbond substituents is 1. The molecule has 1 aromatic carbocycles. The molecule has 1 aliphatic heterocycles. The van der Waals surface area contributed by atoms with Crippen molar-refractivity contribution in [3.05, 3.63) is 41.0 Å². The molecule has 3 heteroatoms. The van der Waals surface area contributed by atoms with Crippen LogP contribution in [0.25, 0.3) is 0 Å². The smallest absolute Gasteiger partial charge is 0.343 e. The first kappa shape index (κ1) is 8.53. The summed E-state index contributed by atoms with van der Waals surface area (Å²) in [4.78, 5) is 11.5. The van der Waals surface area contributed by atoms with Gasteiger partial charge in [-0.05, 0) is 24.5 Å². The normalized spacial score (nSPS) is 22.8. The van der Waals surface area contributed by atoms with E-state index >= 15 is 0 Å². The van der Waals surface area contributed by atoms with Crippen molar-refractivity contribution in [2.45, 2.75) is 18.9 Å². The van der Waals surface area contributed by atoms with Crippen molar-refractivity contribution in [3.63, 3.8) is 0 Å². The zero-order valence-electron chi connectivity index (χ0n) is 8.06. The minimum atomic E-state index is -0.416. The van der Waals surface area contributed by atoms with Gasteiger partial charge in [-0.1, -0.05) is 18.2 Å². The fourth-order valence-electron chi connectivity index (χ4n) is 2.05. The Morgan fingerprint density at radius 1 is 1.40 bits per heavy atom. The van der Waals surface area contributed by atoms with E-state index in [1.165, 1.54) is 6.07 Å². The van der Waals surface area contributed by atoms with Crippen LogP contribution in [0.4, 0.5) is 0 Å². The predicted molar refractivity (Wildman–Crippen MR) is 53.6 cm³/mol. The van der Waals surface area contributed by atoms with Crippen LogP contribution in [-0.2, 0) is 4.74 Å². The van der Waals surface area contributed by atoms with E-state index in [4.69, 9.17) is 4.74 Å². The summed E-state index contributed by atoms with van der Waals surface area (Å²) >= 11 is 0. The van der Waals surface area contributed by atoms with E-state index in [9.17, 15) is 9.90 Å². The number of rotatable bonds is 1. The lowest BCUT2D eigenvalue weighted by atomic mass is 9.89. The van der Waals surface area contributed by atoms with Crippen LogP contribution in [0.5, 0.6) is 5.75 Å². The van der Waals surface area contributed by atoms with Crippen LogP contribution in [-0.4, -0.2) is 11.1 Å². The van der Waals surface area contributed by atoms with Crippen molar-refractivity contribution in [3.8, 4) is 5.75 Å². The second kappa shape index (κ2) is 2.86. The average Bonchev–Trinajstić information content (AvgIpc) is 2.43. The third-order valence-corrected chi connectivity index (χ3v) is 2.96. The van der Waals surface area contributed by atoms with Gasteiger partial charge in [0.25, 0.3) is 0 Å². The highest BCUT2D eigenvalue weighted by molar-refractivity contribution is 5.97. The summed E-state index contributed by atoms with van der Waals surface area (Å²) in [6.07, 6.45) is 3.86. The molecule has 0 fully saturated rings. The second-order valence-corrected chi connectivity index (χ2v) is 3.84. The summed E-state index contributed by atoms with van der Waals surface area (Å²) in [7, 11) is 0. The third-order valence-electron chi connectivity index (χ3n) is 2.96. The number of esters is 1. The zero-order valence-corrected chi connectivity index (χ0v) is 8.06. The summed E-state index contributed by atoms with van der Waals surface area (Å²) in [6, 6.07) is 5.09. The van der Waals surface area contributed by atoms with Gasteiger partial charge >= 0.3 is 5.97 Å². The van der Waals surface area contributed by atoms with Gasteiger partial charge in [0.2, 0.25) is 0 Å². The first-order valence-corrected chi connectivity index (χ1v) is 4.99. The first-order chi connectivity index (χ1) is 7.27. The highest BCUT2D eigenvalue weighted by atomic mass is 16.5. The van der Waals surface area contributed by atoms with Gasteiger partial charge in [-0.3, -0.25) is 0 Å². The molecule has 0 bridgehead atoms. The molecule has 3 rings (SSSR count). The van der Waals surface area contributed by atoms with Gasteiger partial charge in [-0.25, -0.2) is 4.79 Å². The van der Waals surface area contributed by atoms with E-state index in [2.05, 4.69) is 6.08 Å². The van der Waals surface area contributed by atoms with E-state index in [0.29, 0.717) is 5.56 Å². The van der Waals surface area contributed by atoms with Crippen molar-refractivity contribution < 1.29 is 14.6 Å². The first-order valence-electron chi connectivity index (χ1n) is 4.99. The molecule has 15 heavy (non-hydrogen) atoms. The van der Waals surface area contributed by atoms with E-state index in [0.717, 1.165) is 24.0 Å². The molecule has 1 atom stereocenters. The summed E-state index contributed by atoms with van der Waals surface area (Å²) in [5, 5.41) is 9.57. The lowest BCUT2D eigenvalue weighted by Crippen LogP contribution is -2.07. The van der Waals surface area contributed by atoms with Crippen LogP contribution in [0.1, 0.15) is 34.9 Å². The van der Waals surface area contributed by atoms with Crippen molar-refractivity contribution in [2.75, 3.05) is 0 Å². The lowest BCUT2D eigenvalue weighted by Gasteiger charge is -2.20. The maximum atomic E-state index is 11.5. The Kier molecular flexibility index (Phi) is 1.63. The van der Waals surface area contributed by atoms with Crippen LogP contribution >= 0.6 is 0 Å². The largest absolute Gasteiger partial charge is 0.507 e. The molecular weight excluding hydrogens is 192 g/mol. The molecule has 1 unspecified atom stereocenters. The number of phenols is 1. The zero-order chi connectivity index (χ0) is 10.4. The molecule has 0 radical (unpaired) electrons. The molecule has 1 N–H and O–H groups in total. The van der Waals surface area contributed by atoms with Gasteiger partial charge in [-0.15, -0.1) is 0 Å². The number of hydrogen-bond donors (Lipinski definition) is 1. The number of cyclic esters (lactones) is 1. The van der Waals surface area contributed by atoms with Gasteiger partial charge < -0.3 is 9.84 Å². The quantitative estimate of drug-likeness (QED) is 0.561. The van der Waals surface area contributed by atoms with Crippen LogP contribution in [0.3, 0.4) is 0 Å². The Bertz CT molecular complexity index is 474. The Morgan fingerprint density at radius 3 is 2.87 bits per heavy atom. The molecule has 0 amide bonds. The van der Waals surface area contributed by atoms with Gasteiger partial charge in [0.15, 0.2) is 0 Å². The van der Waals surface area contributed by atoms with Crippen molar-refractivity contribution in [1.82, 2.24) is 0 Å². The number of carbonyl (C=O) groups excluding carboxylic acids is 1. The van der Waals surface area contributed by atoms with Crippen LogP contribution in [0.2, 0.25) is 0 Å². The summed E-state index contributed by atoms with van der Waals surface area (Å²) < 4.78 is 5.25. The highest BCUT2D eigenvalue weighted by Crippen LogP contribution is 2.43. The Hall–Kier alpha value is -1.77. The fourth-order valence-corrected chi connectivity index (χ4v) is 2.05. The number of ether oxygens (including phenoxy) is 1. The molecular formula is C12H10O3. The topological polar surface area (TPSA) is 46.5 Å². The number of hydrogen-bond acceptors (Lipinski definition) is 3. The van der Waals surface area contributed by atoms with Crippen molar-refractivity contribution >= 4 is 5.97 Å². The maximum Gasteiger partial charge on any atom is 0.343 e. The predicted octanol–water partition coefficient (Wildman–Crippen LogP) is 2.32. The Morgan fingerprint density at radius 2 is 2.20 bits per heavy atom. The minimum Gasteiger partial charge on any atom is -0.507 e. The number of allylic oxidation sites excluding steroid dienone is 1. The Balaban J connectivity index is 2.13. The van der Waals surface area contributed by atoms with Crippen molar-refractivity contribution in [2.24, 2.45) is 0 Å². The minimum absolute atomic E-state index is 0.0138. The monoisotopic (exact) mass is 202 g/mol. The molecule has 3 nitrogen and oxygen atoms in total. The standard InChI is InChI=1S/C12H10O3/c13-9-6-2-5-8-10(9)12(14)15-11(8)7-3-1-4-7/h2-3,5-6,11,13H,1,4H2. The van der Waals surface area contributed by atoms with Gasteiger partial charge in [0.1, 0.15) is 17.4 Å². The van der Waals surface area contributed by atoms with Gasteiger partial charge in [0.05, 0.1) is 0 Å². The van der Waals surface area contributed by atoms with Gasteiger partial charge in [-0.2, -0.15) is 0 Å². The van der Waals surface area contributed by atoms with Crippen LogP contribution in [0, 0.1) is 0 Å². The number of fused-ring (bicyclic) bond motifs is 1. The van der Waals surface area contributed by atoms with Crippen LogP contribution in [0.15, 0.2) is 29.8 Å². The second-order valence-electron chi connectivity index (χ2n) is 3.84. The van der Waals surface area contributed by atoms with E-state index in [1.54, 1.807) is 6.07 Å². The molecule has 0 spiro atoms. The summed E-state index contributed by atoms with van der Waals surface area (Å²) in [5.74, 6) is -0.402. The molecule has 1 aliphatic carbocycles. The van der Waals surface area contributed by atoms with E-state index < -0.39 is 5.97 Å².